The molecule has 0 aliphatic carbocycles. The molecule has 0 radical (unpaired) electrons. The van der Waals surface area contributed by atoms with E-state index in [1.807, 2.05) is 41.5 Å². The van der Waals surface area contributed by atoms with Crippen molar-refractivity contribution in [3.8, 4) is 11.5 Å². The van der Waals surface area contributed by atoms with E-state index in [4.69, 9.17) is 9.26 Å². The molecule has 1 aromatic rings. The SMILES string of the molecule is COCP(=O)(NC(C)(C(=O)O)C(C)C)Oc1cc(C(C)(C)C)c(O)c(C(C)(C)C)c1. The van der Waals surface area contributed by atoms with E-state index in [1.54, 1.807) is 26.0 Å². The van der Waals surface area contributed by atoms with E-state index in [1.165, 1.54) is 14.0 Å². The number of aromatic hydroxyl groups is 1. The standard InChI is InChI=1S/C22H38NO6P/c1-14(2)22(9,19(25)26)23-30(27,13-28-10)29-15-11-16(20(3,4)5)18(24)17(12-15)21(6,7)8/h11-12,14,24H,13H2,1-10H3,(H,23,27)(H,25,26). The van der Waals surface area contributed by atoms with Crippen LogP contribution in [-0.2, 0) is 24.9 Å². The molecule has 0 aliphatic rings. The minimum Gasteiger partial charge on any atom is -0.507 e. The Morgan fingerprint density at radius 1 is 1.07 bits per heavy atom. The Hall–Kier alpha value is -1.56. The number of hydrogen-bond donors (Lipinski definition) is 3. The molecule has 2 atom stereocenters. The summed E-state index contributed by atoms with van der Waals surface area (Å²) >= 11 is 0. The molecule has 1 rings (SSSR count). The summed E-state index contributed by atoms with van der Waals surface area (Å²) in [4.78, 5) is 11.9. The van der Waals surface area contributed by atoms with Crippen molar-refractivity contribution >= 4 is 13.5 Å². The number of nitrogens with one attached hydrogen (secondary N) is 1. The Kier molecular flexibility index (Phi) is 7.85. The zero-order valence-electron chi connectivity index (χ0n) is 19.9. The van der Waals surface area contributed by atoms with Crippen molar-refractivity contribution in [3.63, 3.8) is 0 Å². The van der Waals surface area contributed by atoms with E-state index in [2.05, 4.69) is 5.09 Å². The molecule has 0 heterocycles. The van der Waals surface area contributed by atoms with Crippen LogP contribution in [0.3, 0.4) is 0 Å². The van der Waals surface area contributed by atoms with Gasteiger partial charge in [0.2, 0.25) is 0 Å². The fourth-order valence-electron chi connectivity index (χ4n) is 3.00. The fraction of sp³-hybridized carbons (Fsp3) is 0.682. The maximum Gasteiger partial charge on any atom is 0.342 e. The second kappa shape index (κ2) is 8.89. The topological polar surface area (TPSA) is 105 Å². The molecule has 0 aliphatic heterocycles. The number of carboxylic acids is 1. The van der Waals surface area contributed by atoms with E-state index < -0.39 is 29.9 Å². The van der Waals surface area contributed by atoms with Gasteiger partial charge in [0.25, 0.3) is 0 Å². The van der Waals surface area contributed by atoms with Crippen molar-refractivity contribution in [1.82, 2.24) is 5.09 Å². The molecular weight excluding hydrogens is 405 g/mol. The van der Waals surface area contributed by atoms with Gasteiger partial charge in [-0.25, -0.2) is 5.09 Å². The lowest BCUT2D eigenvalue weighted by Gasteiger charge is -2.34. The summed E-state index contributed by atoms with van der Waals surface area (Å²) in [6.07, 6.45) is -0.306. The van der Waals surface area contributed by atoms with Gasteiger partial charge in [-0.1, -0.05) is 55.4 Å². The zero-order chi connectivity index (χ0) is 23.7. The summed E-state index contributed by atoms with van der Waals surface area (Å²) in [7, 11) is -2.39. The smallest absolute Gasteiger partial charge is 0.342 e. The zero-order valence-corrected chi connectivity index (χ0v) is 20.8. The van der Waals surface area contributed by atoms with Gasteiger partial charge in [0.15, 0.2) is 0 Å². The second-order valence-electron chi connectivity index (χ2n) is 10.3. The van der Waals surface area contributed by atoms with Gasteiger partial charge >= 0.3 is 13.5 Å². The molecule has 2 unspecified atom stereocenters. The lowest BCUT2D eigenvalue weighted by atomic mass is 9.79. The average molecular weight is 444 g/mol. The number of phenolic OH excluding ortho intramolecular Hbond substituents is 1. The third-order valence-corrected chi connectivity index (χ3v) is 7.16. The Balaban J connectivity index is 3.58. The van der Waals surface area contributed by atoms with E-state index >= 15 is 0 Å². The van der Waals surface area contributed by atoms with Crippen LogP contribution in [0.15, 0.2) is 12.1 Å². The van der Waals surface area contributed by atoms with Crippen molar-refractivity contribution in [2.75, 3.05) is 13.5 Å². The highest BCUT2D eigenvalue weighted by Gasteiger charge is 2.44. The lowest BCUT2D eigenvalue weighted by molar-refractivity contribution is -0.145. The number of aliphatic carboxylic acids is 1. The van der Waals surface area contributed by atoms with Crippen LogP contribution >= 0.6 is 7.52 Å². The number of carboxylic acid groups (broad SMARTS) is 1. The van der Waals surface area contributed by atoms with Crippen LogP contribution in [0.1, 0.15) is 73.4 Å². The normalized spacial score (nSPS) is 16.8. The number of methoxy groups -OCH3 is 1. The van der Waals surface area contributed by atoms with Crippen LogP contribution < -0.4 is 9.61 Å². The minimum absolute atomic E-state index is 0.175. The van der Waals surface area contributed by atoms with E-state index in [-0.39, 0.29) is 23.8 Å². The van der Waals surface area contributed by atoms with Crippen molar-refractivity contribution in [2.45, 2.75) is 78.7 Å². The largest absolute Gasteiger partial charge is 0.507 e. The summed E-state index contributed by atoms with van der Waals surface area (Å²) in [6, 6.07) is 3.31. The molecule has 0 saturated heterocycles. The molecule has 0 bridgehead atoms. The van der Waals surface area contributed by atoms with Gasteiger partial charge in [-0.05, 0) is 35.8 Å². The van der Waals surface area contributed by atoms with E-state index in [0.717, 1.165) is 0 Å². The number of ether oxygens (including phenoxy) is 1. The van der Waals surface area contributed by atoms with Crippen LogP contribution in [0.4, 0.5) is 0 Å². The minimum atomic E-state index is -3.76. The molecule has 3 N–H and O–H groups in total. The summed E-state index contributed by atoms with van der Waals surface area (Å²) in [6.45, 7) is 16.7. The highest BCUT2D eigenvalue weighted by molar-refractivity contribution is 7.57. The third-order valence-electron chi connectivity index (χ3n) is 5.25. The van der Waals surface area contributed by atoms with E-state index in [0.29, 0.717) is 11.1 Å². The van der Waals surface area contributed by atoms with Crippen molar-refractivity contribution in [2.24, 2.45) is 5.92 Å². The third kappa shape index (κ3) is 5.99. The summed E-state index contributed by atoms with van der Waals surface area (Å²) in [5.41, 5.74) is -0.965. The van der Waals surface area contributed by atoms with E-state index in [9.17, 15) is 19.6 Å². The van der Waals surface area contributed by atoms with Gasteiger partial charge in [-0.15, -0.1) is 0 Å². The molecule has 1 aromatic carbocycles. The molecule has 0 spiro atoms. The Labute approximate surface area is 180 Å². The highest BCUT2D eigenvalue weighted by Crippen LogP contribution is 2.49. The Morgan fingerprint density at radius 3 is 1.80 bits per heavy atom. The molecule has 30 heavy (non-hydrogen) atoms. The molecule has 0 amide bonds. The fourth-order valence-corrected chi connectivity index (χ4v) is 5.01. The van der Waals surface area contributed by atoms with Crippen molar-refractivity contribution in [1.29, 1.82) is 0 Å². The van der Waals surface area contributed by atoms with Crippen LogP contribution in [0.5, 0.6) is 11.5 Å². The van der Waals surface area contributed by atoms with Gasteiger partial charge in [-0.3, -0.25) is 9.36 Å². The lowest BCUT2D eigenvalue weighted by Crippen LogP contribution is -2.52. The maximum atomic E-state index is 13.6. The monoisotopic (exact) mass is 443 g/mol. The molecule has 0 fully saturated rings. The number of benzene rings is 1. The summed E-state index contributed by atoms with van der Waals surface area (Å²) in [5, 5.41) is 23.3. The predicted molar refractivity (Wildman–Crippen MR) is 120 cm³/mol. The number of carbonyl (C=O) groups is 1. The van der Waals surface area contributed by atoms with Gasteiger partial charge in [0, 0.05) is 18.2 Å². The van der Waals surface area contributed by atoms with Crippen LogP contribution in [-0.4, -0.2) is 35.2 Å². The van der Waals surface area contributed by atoms with Gasteiger partial charge in [-0.2, -0.15) is 0 Å². The van der Waals surface area contributed by atoms with Crippen LogP contribution in [0.25, 0.3) is 0 Å². The number of phenols is 1. The van der Waals surface area contributed by atoms with Gasteiger partial charge < -0.3 is 19.5 Å². The average Bonchev–Trinajstić information content (AvgIpc) is 2.53. The van der Waals surface area contributed by atoms with Crippen molar-refractivity contribution in [3.05, 3.63) is 23.3 Å². The maximum absolute atomic E-state index is 13.6. The van der Waals surface area contributed by atoms with Gasteiger partial charge in [0.05, 0.1) is 0 Å². The first kappa shape index (κ1) is 26.5. The Morgan fingerprint density at radius 2 is 1.50 bits per heavy atom. The first-order valence-electron chi connectivity index (χ1n) is 10.1. The molecule has 0 saturated carbocycles. The van der Waals surface area contributed by atoms with Crippen molar-refractivity contribution < 1.29 is 28.8 Å². The first-order chi connectivity index (χ1) is 13.4. The molecule has 0 aromatic heterocycles. The summed E-state index contributed by atoms with van der Waals surface area (Å²) in [5.74, 6) is -1.03. The molecule has 8 heteroatoms. The van der Waals surface area contributed by atoms with Gasteiger partial charge in [0.1, 0.15) is 23.4 Å². The molecule has 7 nitrogen and oxygen atoms in total. The van der Waals surface area contributed by atoms with Crippen LogP contribution in [0.2, 0.25) is 0 Å². The second-order valence-corrected chi connectivity index (χ2v) is 12.3. The predicted octanol–water partition coefficient (Wildman–Crippen LogP) is 5.25. The van der Waals surface area contributed by atoms with Crippen LogP contribution in [0, 0.1) is 5.92 Å². The number of hydrogen-bond acceptors (Lipinski definition) is 5. The Bertz CT molecular complexity index is 787. The molecular formula is C22H38NO6P. The first-order valence-corrected chi connectivity index (χ1v) is 11.9. The molecule has 172 valence electrons. The number of rotatable bonds is 8. The highest BCUT2D eigenvalue weighted by atomic mass is 31.2. The quantitative estimate of drug-likeness (QED) is 0.471. The summed E-state index contributed by atoms with van der Waals surface area (Å²) < 4.78 is 24.7.